The number of nitrogens with zero attached hydrogens (tertiary/aromatic N) is 6. The summed E-state index contributed by atoms with van der Waals surface area (Å²) in [7, 11) is 0. The highest BCUT2D eigenvalue weighted by molar-refractivity contribution is 7.18. The van der Waals surface area contributed by atoms with Gasteiger partial charge in [-0.15, -0.1) is 11.3 Å². The van der Waals surface area contributed by atoms with Crippen LogP contribution in [0.2, 0.25) is 5.02 Å². The molecule has 122 valence electrons. The van der Waals surface area contributed by atoms with E-state index in [0.717, 1.165) is 26.8 Å². The first kappa shape index (κ1) is 15.6. The number of rotatable bonds is 4. The van der Waals surface area contributed by atoms with Crippen molar-refractivity contribution < 1.29 is 0 Å². The molecule has 0 aliphatic rings. The van der Waals surface area contributed by atoms with Gasteiger partial charge in [0, 0.05) is 24.2 Å². The monoisotopic (exact) mass is 366 g/mol. The van der Waals surface area contributed by atoms with Gasteiger partial charge in [0.25, 0.3) is 0 Å². The predicted molar refractivity (Wildman–Crippen MR) is 98.8 cm³/mol. The smallest absolute Gasteiger partial charge is 0.125 e. The Bertz CT molecular complexity index is 1020. The van der Waals surface area contributed by atoms with Gasteiger partial charge in [-0.3, -0.25) is 4.98 Å². The van der Waals surface area contributed by atoms with Gasteiger partial charge in [-0.05, 0) is 24.3 Å². The average molecular weight is 367 g/mol. The van der Waals surface area contributed by atoms with Crippen LogP contribution >= 0.6 is 22.9 Å². The minimum atomic E-state index is 0.534. The SMILES string of the molecule is Clc1cnn(/N=C/c2cccc(-c3cnc(-c4cccnc4)s3)n2)c1. The summed E-state index contributed by atoms with van der Waals surface area (Å²) in [4.78, 5) is 15.6. The Morgan fingerprint density at radius 2 is 2.08 bits per heavy atom. The fraction of sp³-hybridized carbons (Fsp3) is 0. The number of halogens is 1. The highest BCUT2D eigenvalue weighted by Crippen LogP contribution is 2.30. The van der Waals surface area contributed by atoms with Crippen LogP contribution in [0.3, 0.4) is 0 Å². The lowest BCUT2D eigenvalue weighted by Gasteiger charge is -1.98. The van der Waals surface area contributed by atoms with Crippen LogP contribution in [0.5, 0.6) is 0 Å². The van der Waals surface area contributed by atoms with Gasteiger partial charge in [-0.1, -0.05) is 17.7 Å². The van der Waals surface area contributed by atoms with E-state index in [1.165, 1.54) is 11.0 Å². The lowest BCUT2D eigenvalue weighted by molar-refractivity contribution is 0.745. The molecule has 0 atom stereocenters. The van der Waals surface area contributed by atoms with Crippen LogP contribution in [0.4, 0.5) is 0 Å². The van der Waals surface area contributed by atoms with Gasteiger partial charge in [0.1, 0.15) is 5.01 Å². The summed E-state index contributed by atoms with van der Waals surface area (Å²) in [5.41, 5.74) is 2.56. The molecule has 0 N–H and O–H groups in total. The van der Waals surface area contributed by atoms with Gasteiger partial charge in [0.05, 0.1) is 39.9 Å². The largest absolute Gasteiger partial charge is 0.264 e. The molecule has 0 spiro atoms. The summed E-state index contributed by atoms with van der Waals surface area (Å²) in [6, 6.07) is 9.64. The van der Waals surface area contributed by atoms with Crippen LogP contribution in [-0.2, 0) is 0 Å². The molecule has 0 bridgehead atoms. The molecule has 4 heterocycles. The average Bonchev–Trinajstić information content (AvgIpc) is 3.30. The molecule has 0 aliphatic carbocycles. The quantitative estimate of drug-likeness (QED) is 0.512. The highest BCUT2D eigenvalue weighted by Gasteiger charge is 2.08. The van der Waals surface area contributed by atoms with Crippen molar-refractivity contribution in [2.45, 2.75) is 0 Å². The van der Waals surface area contributed by atoms with Crippen molar-refractivity contribution in [1.29, 1.82) is 0 Å². The topological polar surface area (TPSA) is 68.8 Å². The zero-order chi connectivity index (χ0) is 17.1. The first-order chi connectivity index (χ1) is 12.3. The van der Waals surface area contributed by atoms with Crippen molar-refractivity contribution in [2.24, 2.45) is 5.10 Å². The number of pyridine rings is 2. The molecule has 8 heteroatoms. The molecule has 0 saturated carbocycles. The molecule has 25 heavy (non-hydrogen) atoms. The Kier molecular flexibility index (Phi) is 4.32. The van der Waals surface area contributed by atoms with Gasteiger partial charge < -0.3 is 0 Å². The van der Waals surface area contributed by atoms with Crippen molar-refractivity contribution in [3.8, 4) is 21.1 Å². The molecular weight excluding hydrogens is 356 g/mol. The summed E-state index contributed by atoms with van der Waals surface area (Å²) in [5.74, 6) is 0. The molecule has 6 nitrogen and oxygen atoms in total. The second kappa shape index (κ2) is 6.92. The molecule has 0 aromatic carbocycles. The van der Waals surface area contributed by atoms with Crippen LogP contribution < -0.4 is 0 Å². The lowest BCUT2D eigenvalue weighted by Crippen LogP contribution is -1.93. The zero-order valence-corrected chi connectivity index (χ0v) is 14.4. The lowest BCUT2D eigenvalue weighted by atomic mass is 10.3. The third-order valence-electron chi connectivity index (χ3n) is 3.28. The summed E-state index contributed by atoms with van der Waals surface area (Å²) in [6.45, 7) is 0. The molecule has 0 radical (unpaired) electrons. The first-order valence-corrected chi connectivity index (χ1v) is 8.55. The van der Waals surface area contributed by atoms with Crippen molar-refractivity contribution in [3.05, 3.63) is 72.0 Å². The molecule has 4 aromatic heterocycles. The van der Waals surface area contributed by atoms with E-state index in [1.54, 1.807) is 36.1 Å². The van der Waals surface area contributed by atoms with E-state index in [2.05, 4.69) is 25.2 Å². The van der Waals surface area contributed by atoms with Gasteiger partial charge >= 0.3 is 0 Å². The molecule has 0 aliphatic heterocycles. The molecule has 4 aromatic rings. The molecule has 4 rings (SSSR count). The van der Waals surface area contributed by atoms with Crippen molar-refractivity contribution in [3.63, 3.8) is 0 Å². The van der Waals surface area contributed by atoms with Crippen molar-refractivity contribution in [2.75, 3.05) is 0 Å². The zero-order valence-electron chi connectivity index (χ0n) is 12.8. The van der Waals surface area contributed by atoms with Crippen LogP contribution in [0, 0.1) is 0 Å². The minimum absolute atomic E-state index is 0.534. The third kappa shape index (κ3) is 3.62. The fourth-order valence-corrected chi connectivity index (χ4v) is 3.16. The highest BCUT2D eigenvalue weighted by atomic mass is 35.5. The van der Waals surface area contributed by atoms with E-state index in [-0.39, 0.29) is 0 Å². The summed E-state index contributed by atoms with van der Waals surface area (Å²) in [5, 5.41) is 9.64. The Balaban J connectivity index is 1.59. The molecule has 0 amide bonds. The molecule has 0 unspecified atom stereocenters. The van der Waals surface area contributed by atoms with E-state index in [4.69, 9.17) is 11.6 Å². The fourth-order valence-electron chi connectivity index (χ4n) is 2.15. The maximum atomic E-state index is 5.82. The Morgan fingerprint density at radius 1 is 1.12 bits per heavy atom. The van der Waals surface area contributed by atoms with Gasteiger partial charge in [-0.25, -0.2) is 9.97 Å². The second-order valence-corrected chi connectivity index (χ2v) is 6.51. The molecule has 0 saturated heterocycles. The van der Waals surface area contributed by atoms with E-state index in [0.29, 0.717) is 5.02 Å². The van der Waals surface area contributed by atoms with Crippen LogP contribution in [0.15, 0.2) is 66.4 Å². The molecular formula is C17H11ClN6S. The second-order valence-electron chi connectivity index (χ2n) is 5.04. The summed E-state index contributed by atoms with van der Waals surface area (Å²) in [6.07, 6.45) is 10.1. The maximum absolute atomic E-state index is 5.82. The minimum Gasteiger partial charge on any atom is -0.264 e. The van der Waals surface area contributed by atoms with Gasteiger partial charge in [0.15, 0.2) is 0 Å². The van der Waals surface area contributed by atoms with E-state index in [1.807, 2.05) is 36.5 Å². The number of thiazole rings is 1. The maximum Gasteiger partial charge on any atom is 0.125 e. The summed E-state index contributed by atoms with van der Waals surface area (Å²) >= 11 is 7.39. The van der Waals surface area contributed by atoms with Gasteiger partial charge in [-0.2, -0.15) is 15.0 Å². The van der Waals surface area contributed by atoms with E-state index >= 15 is 0 Å². The van der Waals surface area contributed by atoms with Crippen LogP contribution in [-0.4, -0.2) is 31.1 Å². The van der Waals surface area contributed by atoms with Crippen LogP contribution in [0.1, 0.15) is 5.69 Å². The van der Waals surface area contributed by atoms with Crippen molar-refractivity contribution >= 4 is 29.2 Å². The summed E-state index contributed by atoms with van der Waals surface area (Å²) < 4.78 is 0. The number of hydrogen-bond donors (Lipinski definition) is 0. The third-order valence-corrected chi connectivity index (χ3v) is 4.55. The first-order valence-electron chi connectivity index (χ1n) is 7.36. The number of aromatic nitrogens is 5. The van der Waals surface area contributed by atoms with Crippen LogP contribution in [0.25, 0.3) is 21.1 Å². The predicted octanol–water partition coefficient (Wildman–Crippen LogP) is 4.00. The Morgan fingerprint density at radius 3 is 2.88 bits per heavy atom. The molecule has 0 fully saturated rings. The Hall–Kier alpha value is -2.90. The van der Waals surface area contributed by atoms with Gasteiger partial charge in [0.2, 0.25) is 0 Å². The standard InChI is InChI=1S/C17H11ClN6S/c18-13-8-21-24(11-13)22-9-14-4-1-5-15(23-14)16-10-20-17(25-16)12-3-2-6-19-7-12/h1-11H/b22-9+. The van der Waals surface area contributed by atoms with E-state index in [9.17, 15) is 0 Å². The van der Waals surface area contributed by atoms with E-state index < -0.39 is 0 Å². The normalized spacial score (nSPS) is 11.2. The number of hydrogen-bond acceptors (Lipinski definition) is 6. The van der Waals surface area contributed by atoms with Crippen molar-refractivity contribution in [1.82, 2.24) is 24.8 Å². The Labute approximate surface area is 152 Å².